The van der Waals surface area contributed by atoms with Gasteiger partial charge in [-0.15, -0.1) is 0 Å². The first kappa shape index (κ1) is 16.1. The standard InChI is InChI=1S/C22H21N3O2/c1-14(15-7-3-2-4-8-15)24-13-21(26)25-12-19-17(11-20(25)22(24)27)16-9-5-6-10-18(16)23-19/h2-10,14,20,23H,11-13H2,1H3/t14-,20+/m0/s1. The van der Waals surface area contributed by atoms with Crippen LogP contribution in [0, 0.1) is 0 Å². The second-order valence-electron chi connectivity index (χ2n) is 7.42. The average Bonchev–Trinajstić information content (AvgIpc) is 3.07. The summed E-state index contributed by atoms with van der Waals surface area (Å²) >= 11 is 0. The summed E-state index contributed by atoms with van der Waals surface area (Å²) in [4.78, 5) is 33.1. The monoisotopic (exact) mass is 359 g/mol. The first-order chi connectivity index (χ1) is 13.1. The van der Waals surface area contributed by atoms with Crippen molar-refractivity contribution in [1.82, 2.24) is 14.8 Å². The molecule has 0 bridgehead atoms. The van der Waals surface area contributed by atoms with Crippen molar-refractivity contribution in [3.05, 3.63) is 71.4 Å². The van der Waals surface area contributed by atoms with Crippen LogP contribution in [0.15, 0.2) is 54.6 Å². The Labute approximate surface area is 157 Å². The number of benzene rings is 2. The molecule has 0 radical (unpaired) electrons. The number of carbonyl (C=O) groups excluding carboxylic acids is 2. The van der Waals surface area contributed by atoms with Gasteiger partial charge in [0.1, 0.15) is 12.6 Å². The lowest BCUT2D eigenvalue weighted by Gasteiger charge is -2.44. The minimum Gasteiger partial charge on any atom is -0.357 e. The molecule has 2 atom stereocenters. The number of nitrogens with one attached hydrogen (secondary N) is 1. The normalized spacial score (nSPS) is 20.6. The molecular formula is C22H21N3O2. The van der Waals surface area contributed by atoms with Gasteiger partial charge in [-0.3, -0.25) is 9.59 Å². The first-order valence-corrected chi connectivity index (χ1v) is 9.37. The number of piperazine rings is 1. The van der Waals surface area contributed by atoms with E-state index in [0.29, 0.717) is 13.0 Å². The first-order valence-electron chi connectivity index (χ1n) is 9.37. The fourth-order valence-corrected chi connectivity index (χ4v) is 4.44. The van der Waals surface area contributed by atoms with Gasteiger partial charge in [0.15, 0.2) is 0 Å². The molecule has 0 unspecified atom stereocenters. The Morgan fingerprint density at radius 3 is 2.56 bits per heavy atom. The topological polar surface area (TPSA) is 56.4 Å². The Morgan fingerprint density at radius 1 is 1.00 bits per heavy atom. The summed E-state index contributed by atoms with van der Waals surface area (Å²) in [6.07, 6.45) is 0.571. The summed E-state index contributed by atoms with van der Waals surface area (Å²) in [5.41, 5.74) is 4.34. The van der Waals surface area contributed by atoms with Crippen LogP contribution >= 0.6 is 0 Å². The summed E-state index contributed by atoms with van der Waals surface area (Å²) in [5.74, 6) is 0.0635. The third-order valence-corrected chi connectivity index (χ3v) is 5.95. The van der Waals surface area contributed by atoms with Crippen LogP contribution in [0.5, 0.6) is 0 Å². The van der Waals surface area contributed by atoms with Crippen LogP contribution < -0.4 is 0 Å². The van der Waals surface area contributed by atoms with E-state index in [1.807, 2.05) is 55.5 Å². The zero-order chi connectivity index (χ0) is 18.5. The SMILES string of the molecule is C[C@@H](c1ccccc1)N1CC(=O)N2Cc3[nH]c4ccccc4c3C[C@@H]2C1=O. The number of hydrogen-bond acceptors (Lipinski definition) is 2. The smallest absolute Gasteiger partial charge is 0.246 e. The maximum absolute atomic E-state index is 13.3. The maximum Gasteiger partial charge on any atom is 0.246 e. The molecule has 2 aliphatic heterocycles. The Morgan fingerprint density at radius 2 is 1.74 bits per heavy atom. The molecular weight excluding hydrogens is 338 g/mol. The van der Waals surface area contributed by atoms with Gasteiger partial charge in [0.2, 0.25) is 11.8 Å². The van der Waals surface area contributed by atoms with Gasteiger partial charge >= 0.3 is 0 Å². The molecule has 1 aromatic heterocycles. The quantitative estimate of drug-likeness (QED) is 0.765. The largest absolute Gasteiger partial charge is 0.357 e. The molecule has 2 aliphatic rings. The Hall–Kier alpha value is -3.08. The lowest BCUT2D eigenvalue weighted by molar-refractivity contribution is -0.159. The van der Waals surface area contributed by atoms with Crippen molar-refractivity contribution in [1.29, 1.82) is 0 Å². The van der Waals surface area contributed by atoms with Crippen molar-refractivity contribution in [2.75, 3.05) is 6.54 Å². The molecule has 5 nitrogen and oxygen atoms in total. The summed E-state index contributed by atoms with van der Waals surface area (Å²) in [6, 6.07) is 17.5. The molecule has 5 heteroatoms. The van der Waals surface area contributed by atoms with E-state index in [0.717, 1.165) is 22.2 Å². The van der Waals surface area contributed by atoms with E-state index in [2.05, 4.69) is 11.1 Å². The van der Waals surface area contributed by atoms with Crippen LogP contribution in [0.4, 0.5) is 0 Å². The zero-order valence-electron chi connectivity index (χ0n) is 15.2. The van der Waals surface area contributed by atoms with Gasteiger partial charge < -0.3 is 14.8 Å². The third-order valence-electron chi connectivity index (χ3n) is 5.95. The Kier molecular flexibility index (Phi) is 3.57. The fraction of sp³-hybridized carbons (Fsp3) is 0.273. The van der Waals surface area contributed by atoms with Crippen LogP contribution in [0.3, 0.4) is 0 Å². The molecule has 1 N–H and O–H groups in total. The molecule has 1 fully saturated rings. The lowest BCUT2D eigenvalue weighted by atomic mass is 9.93. The molecule has 27 heavy (non-hydrogen) atoms. The van der Waals surface area contributed by atoms with E-state index < -0.39 is 6.04 Å². The number of fused-ring (bicyclic) bond motifs is 4. The predicted octanol–water partition coefficient (Wildman–Crippen LogP) is 3.02. The summed E-state index contributed by atoms with van der Waals surface area (Å²) in [6.45, 7) is 2.61. The summed E-state index contributed by atoms with van der Waals surface area (Å²) in [7, 11) is 0. The maximum atomic E-state index is 13.3. The molecule has 0 saturated carbocycles. The minimum absolute atomic E-state index is 0.0201. The molecule has 2 aromatic carbocycles. The van der Waals surface area contributed by atoms with Gasteiger partial charge in [-0.1, -0.05) is 48.5 Å². The number of hydrogen-bond donors (Lipinski definition) is 1. The van der Waals surface area contributed by atoms with E-state index in [1.165, 1.54) is 5.56 Å². The molecule has 3 heterocycles. The Bertz CT molecular complexity index is 1040. The van der Waals surface area contributed by atoms with Crippen molar-refractivity contribution in [3.63, 3.8) is 0 Å². The second-order valence-corrected chi connectivity index (χ2v) is 7.42. The molecule has 3 aromatic rings. The highest BCUT2D eigenvalue weighted by molar-refractivity contribution is 5.97. The highest BCUT2D eigenvalue weighted by Gasteiger charge is 2.44. The number of rotatable bonds is 2. The number of nitrogens with zero attached hydrogens (tertiary/aromatic N) is 2. The zero-order valence-corrected chi connectivity index (χ0v) is 15.2. The second kappa shape index (κ2) is 5.98. The van der Waals surface area contributed by atoms with E-state index >= 15 is 0 Å². The van der Waals surface area contributed by atoms with Gasteiger partial charge in [0.05, 0.1) is 12.6 Å². The van der Waals surface area contributed by atoms with Crippen LogP contribution in [-0.4, -0.2) is 39.2 Å². The summed E-state index contributed by atoms with van der Waals surface area (Å²) in [5, 5.41) is 1.15. The van der Waals surface area contributed by atoms with E-state index in [4.69, 9.17) is 0 Å². The third kappa shape index (κ3) is 2.46. The number of para-hydroxylation sites is 1. The fourth-order valence-electron chi connectivity index (χ4n) is 4.44. The van der Waals surface area contributed by atoms with Gasteiger partial charge in [-0.05, 0) is 24.1 Å². The van der Waals surface area contributed by atoms with Crippen molar-refractivity contribution in [2.24, 2.45) is 0 Å². The number of H-pyrrole nitrogens is 1. The van der Waals surface area contributed by atoms with Crippen molar-refractivity contribution in [2.45, 2.75) is 32.0 Å². The molecule has 136 valence electrons. The van der Waals surface area contributed by atoms with Crippen LogP contribution in [0.1, 0.15) is 29.8 Å². The van der Waals surface area contributed by atoms with Crippen molar-refractivity contribution < 1.29 is 9.59 Å². The minimum atomic E-state index is -0.413. The molecule has 0 aliphatic carbocycles. The van der Waals surface area contributed by atoms with Gasteiger partial charge in [0, 0.05) is 23.0 Å². The number of amides is 2. The van der Waals surface area contributed by atoms with Crippen LogP contribution in [0.25, 0.3) is 10.9 Å². The highest BCUT2D eigenvalue weighted by atomic mass is 16.2. The van der Waals surface area contributed by atoms with Crippen LogP contribution in [0.2, 0.25) is 0 Å². The molecule has 1 saturated heterocycles. The van der Waals surface area contributed by atoms with E-state index in [-0.39, 0.29) is 24.4 Å². The lowest BCUT2D eigenvalue weighted by Crippen LogP contribution is -2.61. The average molecular weight is 359 g/mol. The van der Waals surface area contributed by atoms with E-state index in [1.54, 1.807) is 9.80 Å². The molecule has 0 spiro atoms. The van der Waals surface area contributed by atoms with Gasteiger partial charge in [0.25, 0.3) is 0 Å². The predicted molar refractivity (Wildman–Crippen MR) is 103 cm³/mol. The number of carbonyl (C=O) groups is 2. The van der Waals surface area contributed by atoms with Gasteiger partial charge in [-0.2, -0.15) is 0 Å². The van der Waals surface area contributed by atoms with Crippen LogP contribution in [-0.2, 0) is 22.6 Å². The summed E-state index contributed by atoms with van der Waals surface area (Å²) < 4.78 is 0. The van der Waals surface area contributed by atoms with Gasteiger partial charge in [-0.25, -0.2) is 0 Å². The van der Waals surface area contributed by atoms with Crippen molar-refractivity contribution >= 4 is 22.7 Å². The molecule has 5 rings (SSSR count). The Balaban J connectivity index is 1.50. The molecule has 2 amide bonds. The highest BCUT2D eigenvalue weighted by Crippen LogP contribution is 2.34. The number of aromatic amines is 1. The van der Waals surface area contributed by atoms with E-state index in [9.17, 15) is 9.59 Å². The van der Waals surface area contributed by atoms with Crippen molar-refractivity contribution in [3.8, 4) is 0 Å². The number of aromatic nitrogens is 1.